The molecule has 6 fully saturated rings. The molecule has 6 aliphatic heterocycles. The summed E-state index contributed by atoms with van der Waals surface area (Å²) in [5.41, 5.74) is 0.102. The molecule has 0 aliphatic carbocycles. The molecular formula is C24H49BrO10. The van der Waals surface area contributed by atoms with Crippen molar-refractivity contribution in [3.05, 3.63) is 0 Å². The summed E-state index contributed by atoms with van der Waals surface area (Å²) in [6, 6.07) is 0. The molecule has 0 amide bonds. The number of halogens is 1. The fraction of sp³-hybridized carbons (Fsp3) is 1.00. The van der Waals surface area contributed by atoms with Crippen LogP contribution in [-0.2, 0) is 33.2 Å². The van der Waals surface area contributed by atoms with Crippen LogP contribution >= 0.6 is 15.9 Å². The number of alkyl halides is 1. The maximum Gasteiger partial charge on any atom is 0.283 e. The highest BCUT2D eigenvalue weighted by Crippen LogP contribution is 2.41. The number of hydrogen-bond donors (Lipinski definition) is 3. The van der Waals surface area contributed by atoms with E-state index in [-0.39, 0.29) is 45.5 Å². The predicted octanol–water partition coefficient (Wildman–Crippen LogP) is 2.65. The summed E-state index contributed by atoms with van der Waals surface area (Å²) in [5, 5.41) is 24.8. The lowest BCUT2D eigenvalue weighted by molar-refractivity contribution is -0.468. The van der Waals surface area contributed by atoms with Crippen LogP contribution in [0.15, 0.2) is 0 Å². The van der Waals surface area contributed by atoms with Crippen molar-refractivity contribution in [2.45, 2.75) is 66.3 Å². The van der Waals surface area contributed by atoms with Gasteiger partial charge in [0.2, 0.25) is 0 Å². The van der Waals surface area contributed by atoms with Gasteiger partial charge in [-0.25, -0.2) is 0 Å². The summed E-state index contributed by atoms with van der Waals surface area (Å²) in [4.78, 5) is 0. The number of hydrogen-bond acceptors (Lipinski definition) is 10. The lowest BCUT2D eigenvalue weighted by Crippen LogP contribution is -2.58. The zero-order valence-electron chi connectivity index (χ0n) is 19.9. The van der Waals surface area contributed by atoms with Gasteiger partial charge in [0.05, 0.1) is 66.1 Å². The lowest BCUT2D eigenvalue weighted by atomic mass is 9.91. The monoisotopic (exact) mass is 576 g/mol. The molecule has 0 aromatic heterocycles. The lowest BCUT2D eigenvalue weighted by Gasteiger charge is -2.50. The van der Waals surface area contributed by atoms with Gasteiger partial charge in [-0.05, 0) is 12.8 Å². The Hall–Kier alpha value is 0.0800. The van der Waals surface area contributed by atoms with Crippen LogP contribution < -0.4 is 0 Å². The smallest absolute Gasteiger partial charge is 0.283 e. The third-order valence-electron chi connectivity index (χ3n) is 5.57. The molecule has 0 atom stereocenters. The molecule has 3 N–H and O–H groups in total. The summed E-state index contributed by atoms with van der Waals surface area (Å²) in [6.07, 6.45) is 3.30. The highest BCUT2D eigenvalue weighted by Gasteiger charge is 2.50. The second kappa shape index (κ2) is 16.8. The van der Waals surface area contributed by atoms with Gasteiger partial charge in [-0.2, -0.15) is 0 Å². The largest absolute Gasteiger partial charge is 0.394 e. The van der Waals surface area contributed by atoms with E-state index in [4.69, 9.17) is 48.5 Å². The Bertz CT molecular complexity index is 493. The van der Waals surface area contributed by atoms with E-state index in [0.29, 0.717) is 39.5 Å². The number of aliphatic hydroxyl groups is 3. The molecule has 6 heterocycles. The molecule has 0 aromatic rings. The van der Waals surface area contributed by atoms with Crippen LogP contribution in [0.3, 0.4) is 0 Å². The van der Waals surface area contributed by atoms with E-state index < -0.39 is 11.9 Å². The van der Waals surface area contributed by atoms with Crippen LogP contribution in [-0.4, -0.2) is 105 Å². The van der Waals surface area contributed by atoms with Crippen molar-refractivity contribution >= 4 is 15.9 Å². The van der Waals surface area contributed by atoms with Crippen molar-refractivity contribution in [2.24, 2.45) is 10.8 Å². The third kappa shape index (κ3) is 11.2. The number of ether oxygens (including phenoxy) is 7. The average Bonchev–Trinajstić information content (AvgIpc) is 2.85. The second-order valence-electron chi connectivity index (χ2n) is 9.40. The van der Waals surface area contributed by atoms with E-state index in [2.05, 4.69) is 29.8 Å². The van der Waals surface area contributed by atoms with Crippen LogP contribution in [0.1, 0.15) is 54.4 Å². The minimum absolute atomic E-state index is 0. The van der Waals surface area contributed by atoms with Crippen molar-refractivity contribution in [1.29, 1.82) is 0 Å². The topological polar surface area (TPSA) is 125 Å². The Balaban J connectivity index is 0.000000553. The Morgan fingerprint density at radius 2 is 1.00 bits per heavy atom. The fourth-order valence-electron chi connectivity index (χ4n) is 3.48. The molecule has 0 aromatic carbocycles. The summed E-state index contributed by atoms with van der Waals surface area (Å²) < 4.78 is 38.9. The van der Waals surface area contributed by atoms with Crippen molar-refractivity contribution in [3.8, 4) is 0 Å². The molecule has 35 heavy (non-hydrogen) atoms. The van der Waals surface area contributed by atoms with Gasteiger partial charge in [0.25, 0.3) is 11.9 Å². The molecule has 6 saturated heterocycles. The average molecular weight is 578 g/mol. The molecule has 212 valence electrons. The number of rotatable bonds is 10. The van der Waals surface area contributed by atoms with Gasteiger partial charge in [0.15, 0.2) is 0 Å². The summed E-state index contributed by atoms with van der Waals surface area (Å²) in [5.74, 6) is -1.55. The number of aliphatic hydroxyl groups excluding tert-OH is 3. The maximum absolute atomic E-state index is 8.55. The first-order chi connectivity index (χ1) is 15.8. The van der Waals surface area contributed by atoms with Crippen LogP contribution in [0.25, 0.3) is 0 Å². The van der Waals surface area contributed by atoms with Crippen LogP contribution in [0.4, 0.5) is 0 Å². The van der Waals surface area contributed by atoms with Crippen LogP contribution in [0.5, 0.6) is 0 Å². The van der Waals surface area contributed by atoms with E-state index in [0.717, 1.165) is 44.4 Å². The summed E-state index contributed by atoms with van der Waals surface area (Å²) >= 11 is 3.39. The molecule has 0 unspecified atom stereocenters. The van der Waals surface area contributed by atoms with Gasteiger partial charge in [0.1, 0.15) is 0 Å². The quantitative estimate of drug-likeness (QED) is 0.264. The normalized spacial score (nSPS) is 34.5. The Morgan fingerprint density at radius 1 is 0.629 bits per heavy atom. The second-order valence-corrected chi connectivity index (χ2v) is 10.2. The first-order valence-electron chi connectivity index (χ1n) is 11.6. The molecule has 6 rings (SSSR count). The van der Waals surface area contributed by atoms with E-state index >= 15 is 0 Å². The van der Waals surface area contributed by atoms with E-state index in [1.54, 1.807) is 0 Å². The van der Waals surface area contributed by atoms with Crippen LogP contribution in [0.2, 0.25) is 0 Å². The molecule has 6 aliphatic rings. The highest BCUT2D eigenvalue weighted by molar-refractivity contribution is 9.09. The molecular weight excluding hydrogens is 528 g/mol. The zero-order valence-corrected chi connectivity index (χ0v) is 21.5. The minimum atomic E-state index is -0.833. The summed E-state index contributed by atoms with van der Waals surface area (Å²) in [6.45, 7) is 9.39. The third-order valence-corrected chi connectivity index (χ3v) is 6.13. The standard InChI is InChI=1S/C11H20O5.C9H15BrO3.C2H6O2.2CH4/c1-10-7-14-11(15-8-10,16-9-10)3-2-5-13-6-4-12;1-8-5-11-9(12-6-8,13-7-8)3-2-4-10;3-1-2-4;;/h12H,2-9H2,1H3;2-7H2,1H3;3-4H,1-2H2;2*1H4. The molecule has 0 saturated carbocycles. The van der Waals surface area contributed by atoms with Crippen molar-refractivity contribution < 1.29 is 48.5 Å². The van der Waals surface area contributed by atoms with Gasteiger partial charge in [-0.15, -0.1) is 0 Å². The SMILES string of the molecule is C.C.CC12COC(CCCBr)(OC1)OC2.CC12COC(CCCOCCO)(OC1)OC2.OCCO. The number of fused-ring (bicyclic) bond motifs is 6. The fourth-order valence-corrected chi connectivity index (χ4v) is 3.76. The van der Waals surface area contributed by atoms with E-state index in [9.17, 15) is 0 Å². The Morgan fingerprint density at radius 3 is 1.31 bits per heavy atom. The molecule has 11 heteroatoms. The predicted molar refractivity (Wildman–Crippen MR) is 135 cm³/mol. The molecule has 0 radical (unpaired) electrons. The maximum atomic E-state index is 8.55. The van der Waals surface area contributed by atoms with Gasteiger partial charge >= 0.3 is 0 Å². The van der Waals surface area contributed by atoms with Gasteiger partial charge < -0.3 is 48.5 Å². The summed E-state index contributed by atoms with van der Waals surface area (Å²) in [7, 11) is 0. The van der Waals surface area contributed by atoms with Crippen molar-refractivity contribution in [3.63, 3.8) is 0 Å². The zero-order chi connectivity index (χ0) is 24.3. The molecule has 4 bridgehead atoms. The van der Waals surface area contributed by atoms with Gasteiger partial charge in [-0.1, -0.05) is 44.6 Å². The van der Waals surface area contributed by atoms with Crippen LogP contribution in [0, 0.1) is 10.8 Å². The first-order valence-corrected chi connectivity index (χ1v) is 12.7. The van der Waals surface area contributed by atoms with Crippen molar-refractivity contribution in [1.82, 2.24) is 0 Å². The van der Waals surface area contributed by atoms with Gasteiger partial charge in [-0.3, -0.25) is 0 Å². The van der Waals surface area contributed by atoms with Gasteiger partial charge in [0, 0.05) is 35.6 Å². The molecule has 0 spiro atoms. The minimum Gasteiger partial charge on any atom is -0.394 e. The molecule has 10 nitrogen and oxygen atoms in total. The first kappa shape index (κ1) is 35.1. The van der Waals surface area contributed by atoms with E-state index in [1.807, 2.05) is 0 Å². The Kier molecular flexibility index (Phi) is 16.9. The van der Waals surface area contributed by atoms with E-state index in [1.165, 1.54) is 0 Å². The van der Waals surface area contributed by atoms with Crippen molar-refractivity contribution in [2.75, 3.05) is 78.0 Å². The Labute approximate surface area is 219 Å². The highest BCUT2D eigenvalue weighted by atomic mass is 79.9.